The lowest BCUT2D eigenvalue weighted by molar-refractivity contribution is -0.385. The first-order valence-electron chi connectivity index (χ1n) is 8.68. The molecule has 0 unspecified atom stereocenters. The number of nitro groups is 1. The zero-order chi connectivity index (χ0) is 21.2. The predicted octanol–water partition coefficient (Wildman–Crippen LogP) is 3.41. The summed E-state index contributed by atoms with van der Waals surface area (Å²) >= 11 is 0. The number of fused-ring (bicyclic) bond motifs is 1. The summed E-state index contributed by atoms with van der Waals surface area (Å²) in [4.78, 5) is 22.3. The Hall–Kier alpha value is -3.30. The van der Waals surface area contributed by atoms with Gasteiger partial charge in [0.2, 0.25) is 10.0 Å². The van der Waals surface area contributed by atoms with Crippen LogP contribution in [0, 0.1) is 10.1 Å². The number of benzene rings is 3. The highest BCUT2D eigenvalue weighted by Gasteiger charge is 2.35. The number of nitrogens with zero attached hydrogens (tertiary/aromatic N) is 2. The quantitative estimate of drug-likeness (QED) is 0.468. The SMILES string of the molecule is C[C@@H](C(=O)O)N(Cc1ccccc1[N+](=O)[O-])S(=O)(=O)c1cccc2ccccc12. The van der Waals surface area contributed by atoms with E-state index in [0.717, 1.165) is 4.31 Å². The van der Waals surface area contributed by atoms with Gasteiger partial charge in [0.1, 0.15) is 6.04 Å². The lowest BCUT2D eigenvalue weighted by atomic mass is 10.1. The third-order valence-corrected chi connectivity index (χ3v) is 6.61. The van der Waals surface area contributed by atoms with Crippen molar-refractivity contribution in [3.05, 3.63) is 82.4 Å². The van der Waals surface area contributed by atoms with Gasteiger partial charge in [-0.25, -0.2) is 8.42 Å². The number of para-hydroxylation sites is 1. The number of nitro benzene ring substituents is 1. The summed E-state index contributed by atoms with van der Waals surface area (Å²) in [7, 11) is -4.28. The second kappa shape index (κ2) is 7.98. The Morgan fingerprint density at radius 3 is 2.38 bits per heavy atom. The van der Waals surface area contributed by atoms with E-state index in [2.05, 4.69) is 0 Å². The summed E-state index contributed by atoms with van der Waals surface area (Å²) in [6.07, 6.45) is 0. The van der Waals surface area contributed by atoms with Crippen molar-refractivity contribution < 1.29 is 23.2 Å². The molecule has 9 heteroatoms. The Labute approximate surface area is 167 Å². The van der Waals surface area contributed by atoms with Crippen molar-refractivity contribution in [2.75, 3.05) is 0 Å². The van der Waals surface area contributed by atoms with Crippen molar-refractivity contribution in [1.29, 1.82) is 0 Å². The molecule has 0 saturated carbocycles. The van der Waals surface area contributed by atoms with Gasteiger partial charge in [0.05, 0.1) is 9.82 Å². The molecule has 0 bridgehead atoms. The number of carboxylic acid groups (broad SMARTS) is 1. The van der Waals surface area contributed by atoms with E-state index in [9.17, 15) is 28.4 Å². The van der Waals surface area contributed by atoms with E-state index < -0.39 is 33.5 Å². The highest BCUT2D eigenvalue weighted by atomic mass is 32.2. The fourth-order valence-corrected chi connectivity index (χ4v) is 4.87. The van der Waals surface area contributed by atoms with Crippen LogP contribution >= 0.6 is 0 Å². The van der Waals surface area contributed by atoms with Gasteiger partial charge in [0.25, 0.3) is 5.69 Å². The van der Waals surface area contributed by atoms with Crippen molar-refractivity contribution in [2.24, 2.45) is 0 Å². The van der Waals surface area contributed by atoms with Crippen LogP contribution in [0.2, 0.25) is 0 Å². The van der Waals surface area contributed by atoms with Gasteiger partial charge in [-0.1, -0.05) is 54.6 Å². The normalized spacial score (nSPS) is 12.8. The van der Waals surface area contributed by atoms with E-state index in [0.29, 0.717) is 10.8 Å². The van der Waals surface area contributed by atoms with Crippen LogP contribution in [-0.4, -0.2) is 34.8 Å². The van der Waals surface area contributed by atoms with Crippen molar-refractivity contribution >= 4 is 32.5 Å². The summed E-state index contributed by atoms with van der Waals surface area (Å²) in [5, 5.41) is 21.9. The first-order valence-corrected chi connectivity index (χ1v) is 10.1. The third kappa shape index (κ3) is 3.96. The van der Waals surface area contributed by atoms with Crippen molar-refractivity contribution in [3.63, 3.8) is 0 Å². The maximum absolute atomic E-state index is 13.5. The number of hydrogen-bond donors (Lipinski definition) is 1. The van der Waals surface area contributed by atoms with Crippen LogP contribution < -0.4 is 0 Å². The molecule has 29 heavy (non-hydrogen) atoms. The molecular weight excluding hydrogens is 396 g/mol. The molecule has 150 valence electrons. The molecule has 0 aromatic heterocycles. The molecule has 3 rings (SSSR count). The van der Waals surface area contributed by atoms with Crippen LogP contribution in [0.4, 0.5) is 5.69 Å². The number of aliphatic carboxylic acids is 1. The van der Waals surface area contributed by atoms with E-state index in [1.165, 1.54) is 37.3 Å². The van der Waals surface area contributed by atoms with Crippen LogP contribution in [0.25, 0.3) is 10.8 Å². The average Bonchev–Trinajstić information content (AvgIpc) is 2.71. The van der Waals surface area contributed by atoms with Crippen LogP contribution in [0.3, 0.4) is 0 Å². The van der Waals surface area contributed by atoms with Crippen LogP contribution in [-0.2, 0) is 21.4 Å². The maximum atomic E-state index is 13.5. The molecule has 8 nitrogen and oxygen atoms in total. The Balaban J connectivity index is 2.17. The highest BCUT2D eigenvalue weighted by molar-refractivity contribution is 7.89. The van der Waals surface area contributed by atoms with Gasteiger partial charge in [-0.05, 0) is 18.4 Å². The van der Waals surface area contributed by atoms with Crippen molar-refractivity contribution in [2.45, 2.75) is 24.4 Å². The fraction of sp³-hybridized carbons (Fsp3) is 0.150. The van der Waals surface area contributed by atoms with E-state index in [1.807, 2.05) is 0 Å². The minimum atomic E-state index is -4.28. The monoisotopic (exact) mass is 414 g/mol. The number of rotatable bonds is 7. The van der Waals surface area contributed by atoms with E-state index in [4.69, 9.17) is 0 Å². The highest BCUT2D eigenvalue weighted by Crippen LogP contribution is 2.29. The van der Waals surface area contributed by atoms with Crippen LogP contribution in [0.5, 0.6) is 0 Å². The molecule has 0 aliphatic rings. The maximum Gasteiger partial charge on any atom is 0.321 e. The minimum absolute atomic E-state index is 0.0534. The molecular formula is C20H18N2O6S. The zero-order valence-electron chi connectivity index (χ0n) is 15.4. The summed E-state index contributed by atoms with van der Waals surface area (Å²) in [6.45, 7) is 0.788. The molecule has 0 radical (unpaired) electrons. The Morgan fingerprint density at radius 2 is 1.69 bits per heavy atom. The van der Waals surface area contributed by atoms with Gasteiger partial charge < -0.3 is 5.11 Å². The zero-order valence-corrected chi connectivity index (χ0v) is 16.2. The smallest absolute Gasteiger partial charge is 0.321 e. The predicted molar refractivity (Wildman–Crippen MR) is 107 cm³/mol. The van der Waals surface area contributed by atoms with Gasteiger partial charge in [-0.2, -0.15) is 4.31 Å². The van der Waals surface area contributed by atoms with E-state index in [1.54, 1.807) is 36.4 Å². The molecule has 3 aromatic rings. The van der Waals surface area contributed by atoms with E-state index in [-0.39, 0.29) is 16.1 Å². The molecule has 0 heterocycles. The fourth-order valence-electron chi connectivity index (χ4n) is 3.09. The molecule has 0 aliphatic carbocycles. The lowest BCUT2D eigenvalue weighted by Crippen LogP contribution is -2.42. The topological polar surface area (TPSA) is 118 Å². The molecule has 0 spiro atoms. The molecule has 3 aromatic carbocycles. The van der Waals surface area contributed by atoms with Gasteiger partial charge in [-0.3, -0.25) is 14.9 Å². The largest absolute Gasteiger partial charge is 0.480 e. The Bertz CT molecular complexity index is 1190. The van der Waals surface area contributed by atoms with Gasteiger partial charge in [0, 0.05) is 23.6 Å². The van der Waals surface area contributed by atoms with Crippen molar-refractivity contribution in [1.82, 2.24) is 4.31 Å². The summed E-state index contributed by atoms with van der Waals surface area (Å²) < 4.78 is 27.7. The lowest BCUT2D eigenvalue weighted by Gasteiger charge is -2.26. The van der Waals surface area contributed by atoms with E-state index >= 15 is 0 Å². The Kier molecular flexibility index (Phi) is 5.62. The number of hydrogen-bond acceptors (Lipinski definition) is 5. The molecule has 0 saturated heterocycles. The standard InChI is InChI=1S/C20H18N2O6S/c1-14(20(23)24)21(13-16-8-3-5-11-18(16)22(25)26)29(27,28)19-12-6-9-15-7-2-4-10-17(15)19/h2-12,14H,13H2,1H3,(H,23,24)/t14-/m0/s1. The average molecular weight is 414 g/mol. The van der Waals surface area contributed by atoms with Crippen molar-refractivity contribution in [3.8, 4) is 0 Å². The summed E-state index contributed by atoms with van der Waals surface area (Å²) in [5.74, 6) is -1.35. The first kappa shape index (κ1) is 20.4. The summed E-state index contributed by atoms with van der Waals surface area (Å²) in [6, 6.07) is 15.8. The van der Waals surface area contributed by atoms with Gasteiger partial charge >= 0.3 is 5.97 Å². The number of carbonyl (C=O) groups is 1. The molecule has 1 atom stereocenters. The number of sulfonamides is 1. The summed E-state index contributed by atoms with van der Waals surface area (Å²) in [5.41, 5.74) is -0.169. The molecule has 0 amide bonds. The van der Waals surface area contributed by atoms with Crippen LogP contribution in [0.15, 0.2) is 71.6 Å². The second-order valence-electron chi connectivity index (χ2n) is 6.43. The first-order chi connectivity index (χ1) is 13.7. The third-order valence-electron chi connectivity index (χ3n) is 4.64. The minimum Gasteiger partial charge on any atom is -0.480 e. The molecule has 1 N–H and O–H groups in total. The van der Waals surface area contributed by atoms with Gasteiger partial charge in [-0.15, -0.1) is 0 Å². The number of carboxylic acids is 1. The van der Waals surface area contributed by atoms with Gasteiger partial charge in [0.15, 0.2) is 0 Å². The second-order valence-corrected chi connectivity index (χ2v) is 8.29. The molecule has 0 fully saturated rings. The van der Waals surface area contributed by atoms with Crippen LogP contribution in [0.1, 0.15) is 12.5 Å². The molecule has 0 aliphatic heterocycles. The Morgan fingerprint density at radius 1 is 1.07 bits per heavy atom.